The van der Waals surface area contributed by atoms with Crippen LogP contribution in [0.1, 0.15) is 30.6 Å². The molecular weight excluding hydrogens is 304 g/mol. The van der Waals surface area contributed by atoms with Gasteiger partial charge in [0, 0.05) is 13.0 Å². The molecule has 0 aliphatic carbocycles. The minimum Gasteiger partial charge on any atom is -0.303 e. The molecule has 0 unspecified atom stereocenters. The van der Waals surface area contributed by atoms with Gasteiger partial charge in [0.2, 0.25) is 0 Å². The summed E-state index contributed by atoms with van der Waals surface area (Å²) in [6.45, 7) is 6.10. The van der Waals surface area contributed by atoms with Crippen LogP contribution in [0.15, 0.2) is 16.6 Å². The third-order valence-electron chi connectivity index (χ3n) is 2.87. The summed E-state index contributed by atoms with van der Waals surface area (Å²) in [7, 11) is 0. The quantitative estimate of drug-likeness (QED) is 0.589. The van der Waals surface area contributed by atoms with Crippen molar-refractivity contribution in [3.63, 3.8) is 0 Å². The summed E-state index contributed by atoms with van der Waals surface area (Å²) in [5.74, 6) is -2.13. The molecule has 100 valence electrons. The van der Waals surface area contributed by atoms with Gasteiger partial charge in [0.25, 0.3) is 0 Å². The third kappa shape index (κ3) is 3.59. The number of nitrogens with zero attached hydrogens (tertiary/aromatic N) is 1. The van der Waals surface area contributed by atoms with Crippen molar-refractivity contribution in [1.82, 2.24) is 4.90 Å². The van der Waals surface area contributed by atoms with Gasteiger partial charge in [0.05, 0.1) is 10.0 Å². The second-order valence-electron chi connectivity index (χ2n) is 3.92. The molecule has 0 radical (unpaired) electrons. The molecule has 0 aliphatic heterocycles. The van der Waals surface area contributed by atoms with E-state index in [9.17, 15) is 13.6 Å². The Hall–Kier alpha value is -0.810. The van der Waals surface area contributed by atoms with Crippen LogP contribution in [-0.4, -0.2) is 30.3 Å². The van der Waals surface area contributed by atoms with E-state index in [2.05, 4.69) is 15.9 Å². The van der Waals surface area contributed by atoms with Gasteiger partial charge in [0.15, 0.2) is 11.6 Å². The molecule has 0 saturated carbocycles. The van der Waals surface area contributed by atoms with Gasteiger partial charge in [-0.05, 0) is 41.2 Å². The smallest absolute Gasteiger partial charge is 0.170 e. The molecule has 0 N–H and O–H groups in total. The molecule has 5 heteroatoms. The molecule has 0 atom stereocenters. The monoisotopic (exact) mass is 319 g/mol. The van der Waals surface area contributed by atoms with Crippen molar-refractivity contribution in [3.8, 4) is 0 Å². The van der Waals surface area contributed by atoms with Crippen LogP contribution < -0.4 is 0 Å². The number of ketones is 1. The van der Waals surface area contributed by atoms with Crippen molar-refractivity contribution in [2.24, 2.45) is 0 Å². The second-order valence-corrected chi connectivity index (χ2v) is 4.77. The molecule has 1 aromatic carbocycles. The number of Topliss-reactive ketones (excluding diaryl/α,β-unsaturated/α-hetero) is 1. The van der Waals surface area contributed by atoms with Gasteiger partial charge < -0.3 is 4.90 Å². The summed E-state index contributed by atoms with van der Waals surface area (Å²) in [5.41, 5.74) is -0.448. The zero-order chi connectivity index (χ0) is 13.7. The van der Waals surface area contributed by atoms with Crippen LogP contribution in [0.4, 0.5) is 8.78 Å². The molecule has 1 aromatic rings. The Bertz CT molecular complexity index is 433. The summed E-state index contributed by atoms with van der Waals surface area (Å²) in [6.07, 6.45) is 0.117. The highest BCUT2D eigenvalue weighted by Gasteiger charge is 2.19. The SMILES string of the molecule is CCN(CC)CCC(=O)c1c(F)ccc(Br)c1F. The van der Waals surface area contributed by atoms with E-state index in [1.165, 1.54) is 6.07 Å². The molecule has 0 saturated heterocycles. The van der Waals surface area contributed by atoms with Crippen LogP contribution in [0.2, 0.25) is 0 Å². The van der Waals surface area contributed by atoms with Crippen LogP contribution in [0.3, 0.4) is 0 Å². The van der Waals surface area contributed by atoms with Crippen molar-refractivity contribution in [1.29, 1.82) is 0 Å². The van der Waals surface area contributed by atoms with Crippen LogP contribution in [0.5, 0.6) is 0 Å². The van der Waals surface area contributed by atoms with E-state index < -0.39 is 23.0 Å². The topological polar surface area (TPSA) is 20.3 Å². The molecule has 0 bridgehead atoms. The first-order chi connectivity index (χ1) is 8.51. The van der Waals surface area contributed by atoms with Crippen molar-refractivity contribution < 1.29 is 13.6 Å². The van der Waals surface area contributed by atoms with Gasteiger partial charge in [-0.1, -0.05) is 13.8 Å². The van der Waals surface area contributed by atoms with Crippen LogP contribution >= 0.6 is 15.9 Å². The van der Waals surface area contributed by atoms with E-state index in [4.69, 9.17) is 0 Å². The molecule has 0 heterocycles. The predicted molar refractivity (Wildman–Crippen MR) is 70.8 cm³/mol. The average molecular weight is 320 g/mol. The molecular formula is C13H16BrF2NO. The molecule has 0 amide bonds. The lowest BCUT2D eigenvalue weighted by Crippen LogP contribution is -2.26. The molecule has 1 rings (SSSR count). The summed E-state index contributed by atoms with van der Waals surface area (Å²) < 4.78 is 27.3. The van der Waals surface area contributed by atoms with Crippen molar-refractivity contribution in [3.05, 3.63) is 33.8 Å². The fraction of sp³-hybridized carbons (Fsp3) is 0.462. The van der Waals surface area contributed by atoms with Crippen LogP contribution in [0, 0.1) is 11.6 Å². The first-order valence-corrected chi connectivity index (χ1v) is 6.69. The maximum atomic E-state index is 13.7. The zero-order valence-corrected chi connectivity index (χ0v) is 12.1. The molecule has 0 spiro atoms. The number of benzene rings is 1. The number of hydrogen-bond acceptors (Lipinski definition) is 2. The van der Waals surface area contributed by atoms with Crippen LogP contribution in [0.25, 0.3) is 0 Å². The van der Waals surface area contributed by atoms with Gasteiger partial charge in [-0.3, -0.25) is 4.79 Å². The van der Waals surface area contributed by atoms with Gasteiger partial charge in [-0.25, -0.2) is 8.78 Å². The first-order valence-electron chi connectivity index (χ1n) is 5.90. The maximum Gasteiger partial charge on any atom is 0.170 e. The summed E-state index contributed by atoms with van der Waals surface area (Å²) in [5, 5.41) is 0. The number of carbonyl (C=O) groups is 1. The number of rotatable bonds is 6. The standard InChI is InChI=1S/C13H16BrF2NO/c1-3-17(4-2)8-7-11(18)12-10(15)6-5-9(14)13(12)16/h5-6H,3-4,7-8H2,1-2H3. The number of carbonyl (C=O) groups excluding carboxylic acids is 1. The maximum absolute atomic E-state index is 13.7. The lowest BCUT2D eigenvalue weighted by molar-refractivity contribution is 0.0958. The summed E-state index contributed by atoms with van der Waals surface area (Å²) in [6, 6.07) is 2.35. The van der Waals surface area contributed by atoms with Gasteiger partial charge in [0.1, 0.15) is 5.82 Å². The minimum absolute atomic E-state index is 0.107. The number of hydrogen-bond donors (Lipinski definition) is 0. The molecule has 0 aromatic heterocycles. The highest BCUT2D eigenvalue weighted by Crippen LogP contribution is 2.22. The van der Waals surface area contributed by atoms with E-state index in [-0.39, 0.29) is 10.9 Å². The fourth-order valence-electron chi connectivity index (χ4n) is 1.71. The molecule has 18 heavy (non-hydrogen) atoms. The van der Waals surface area contributed by atoms with Gasteiger partial charge >= 0.3 is 0 Å². The fourth-order valence-corrected chi connectivity index (χ4v) is 2.04. The lowest BCUT2D eigenvalue weighted by atomic mass is 10.1. The van der Waals surface area contributed by atoms with Crippen LogP contribution in [-0.2, 0) is 0 Å². The van der Waals surface area contributed by atoms with Gasteiger partial charge in [-0.15, -0.1) is 0 Å². The Morgan fingerprint density at radius 2 is 1.89 bits per heavy atom. The highest BCUT2D eigenvalue weighted by molar-refractivity contribution is 9.10. The zero-order valence-electron chi connectivity index (χ0n) is 10.5. The molecule has 0 aliphatic rings. The van der Waals surface area contributed by atoms with E-state index in [1.807, 2.05) is 18.7 Å². The predicted octanol–water partition coefficient (Wildman–Crippen LogP) is 3.64. The number of halogens is 3. The Morgan fingerprint density at radius 1 is 1.28 bits per heavy atom. The van der Waals surface area contributed by atoms with E-state index >= 15 is 0 Å². The van der Waals surface area contributed by atoms with Crippen molar-refractivity contribution >= 4 is 21.7 Å². The third-order valence-corrected chi connectivity index (χ3v) is 3.48. The van der Waals surface area contributed by atoms with E-state index in [0.29, 0.717) is 6.54 Å². The molecule has 0 fully saturated rings. The van der Waals surface area contributed by atoms with Crippen molar-refractivity contribution in [2.45, 2.75) is 20.3 Å². The highest BCUT2D eigenvalue weighted by atomic mass is 79.9. The Morgan fingerprint density at radius 3 is 2.44 bits per heavy atom. The van der Waals surface area contributed by atoms with E-state index in [1.54, 1.807) is 0 Å². The first kappa shape index (κ1) is 15.2. The normalized spacial score (nSPS) is 11.0. The molecule has 2 nitrogen and oxygen atoms in total. The van der Waals surface area contributed by atoms with Crippen molar-refractivity contribution in [2.75, 3.05) is 19.6 Å². The summed E-state index contributed by atoms with van der Waals surface area (Å²) >= 11 is 2.95. The second kappa shape index (κ2) is 6.95. The Kier molecular flexibility index (Phi) is 5.88. The summed E-state index contributed by atoms with van der Waals surface area (Å²) in [4.78, 5) is 13.9. The van der Waals surface area contributed by atoms with Gasteiger partial charge in [-0.2, -0.15) is 0 Å². The van der Waals surface area contributed by atoms with E-state index in [0.717, 1.165) is 19.2 Å². The largest absolute Gasteiger partial charge is 0.303 e. The Balaban J connectivity index is 2.82. The minimum atomic E-state index is -0.820. The average Bonchev–Trinajstić information content (AvgIpc) is 2.35. The Labute approximate surface area is 114 Å². The lowest BCUT2D eigenvalue weighted by Gasteiger charge is -2.17.